The molecule has 1 aliphatic heterocycles. The van der Waals surface area contributed by atoms with Crippen LogP contribution in [0.1, 0.15) is 26.7 Å². The molecule has 0 aromatic carbocycles. The van der Waals surface area contributed by atoms with Crippen LogP contribution in [0, 0.1) is 17.8 Å². The Kier molecular flexibility index (Phi) is 3.54. The number of rotatable bonds is 2. The highest BCUT2D eigenvalue weighted by atomic mass is 16.7. The van der Waals surface area contributed by atoms with E-state index < -0.39 is 5.79 Å². The lowest BCUT2D eigenvalue weighted by Gasteiger charge is -2.25. The van der Waals surface area contributed by atoms with E-state index in [2.05, 4.69) is 0 Å². The van der Waals surface area contributed by atoms with Crippen molar-refractivity contribution in [3.63, 3.8) is 0 Å². The fourth-order valence-corrected chi connectivity index (χ4v) is 2.95. The van der Waals surface area contributed by atoms with Crippen LogP contribution in [0.3, 0.4) is 0 Å². The molecular formula is C12H22O4. The van der Waals surface area contributed by atoms with Gasteiger partial charge in [0, 0.05) is 6.61 Å². The van der Waals surface area contributed by atoms with E-state index in [1.165, 1.54) is 0 Å². The van der Waals surface area contributed by atoms with Crippen molar-refractivity contribution in [1.82, 2.24) is 0 Å². The molecule has 4 nitrogen and oxygen atoms in total. The predicted molar refractivity (Wildman–Crippen MR) is 58.8 cm³/mol. The van der Waals surface area contributed by atoms with Crippen molar-refractivity contribution in [2.75, 3.05) is 19.8 Å². The van der Waals surface area contributed by atoms with Crippen molar-refractivity contribution in [2.45, 2.75) is 38.6 Å². The first-order valence-corrected chi connectivity index (χ1v) is 6.10. The number of ether oxygens (including phenoxy) is 2. The first-order valence-electron chi connectivity index (χ1n) is 6.10. The number of hydrogen-bond donors (Lipinski definition) is 2. The van der Waals surface area contributed by atoms with Crippen molar-refractivity contribution < 1.29 is 19.7 Å². The summed E-state index contributed by atoms with van der Waals surface area (Å²) in [6.07, 6.45) is 1.12. The molecule has 94 valence electrons. The monoisotopic (exact) mass is 230 g/mol. The highest BCUT2D eigenvalue weighted by Crippen LogP contribution is 2.42. The third-order valence-electron chi connectivity index (χ3n) is 3.92. The average Bonchev–Trinajstić information content (AvgIpc) is 2.42. The molecule has 1 saturated carbocycles. The Balaban J connectivity index is 2.05. The summed E-state index contributed by atoms with van der Waals surface area (Å²) in [5.74, 6) is 0.337. The third kappa shape index (κ3) is 2.40. The second-order valence-electron chi connectivity index (χ2n) is 5.42. The summed E-state index contributed by atoms with van der Waals surface area (Å²) >= 11 is 0. The zero-order chi connectivity index (χ0) is 11.8. The van der Waals surface area contributed by atoms with Crippen molar-refractivity contribution >= 4 is 0 Å². The Morgan fingerprint density at radius 1 is 1.25 bits per heavy atom. The van der Waals surface area contributed by atoms with E-state index in [1.54, 1.807) is 0 Å². The first kappa shape index (κ1) is 12.3. The molecular weight excluding hydrogens is 208 g/mol. The summed E-state index contributed by atoms with van der Waals surface area (Å²) < 4.78 is 11.4. The molecule has 2 N–H and O–H groups in total. The minimum absolute atomic E-state index is 0.134. The lowest BCUT2D eigenvalue weighted by Crippen LogP contribution is -2.30. The second kappa shape index (κ2) is 4.61. The van der Waals surface area contributed by atoms with Gasteiger partial charge in [0.15, 0.2) is 5.79 Å². The maximum Gasteiger partial charge on any atom is 0.162 e. The van der Waals surface area contributed by atoms with Gasteiger partial charge in [0.2, 0.25) is 0 Å². The molecule has 4 atom stereocenters. The number of fused-ring (bicyclic) bond motifs is 1. The van der Waals surface area contributed by atoms with E-state index >= 15 is 0 Å². The zero-order valence-corrected chi connectivity index (χ0v) is 10.1. The number of aliphatic hydroxyl groups is 2. The Morgan fingerprint density at radius 2 is 1.94 bits per heavy atom. The molecule has 1 saturated heterocycles. The van der Waals surface area contributed by atoms with Crippen LogP contribution in [0.25, 0.3) is 0 Å². The summed E-state index contributed by atoms with van der Waals surface area (Å²) in [5.41, 5.74) is 0. The van der Waals surface area contributed by atoms with Gasteiger partial charge >= 0.3 is 0 Å². The largest absolute Gasteiger partial charge is 0.396 e. The normalized spacial score (nSPS) is 42.8. The predicted octanol–water partition coefficient (Wildman–Crippen LogP) is 0.765. The standard InChI is InChI=1S/C12H22O4/c1-12(2)15-6-8-5-11(14)9(3-4-13)10(8)7-16-12/h8-11,13-14H,3-7H2,1-2H3/t8-,9?,10+,11?/m1/s1. The Hall–Kier alpha value is -0.160. The molecule has 0 amide bonds. The molecule has 0 spiro atoms. The van der Waals surface area contributed by atoms with Gasteiger partial charge in [-0.15, -0.1) is 0 Å². The summed E-state index contributed by atoms with van der Waals surface area (Å²) in [7, 11) is 0. The summed E-state index contributed by atoms with van der Waals surface area (Å²) in [5, 5.41) is 19.0. The van der Waals surface area contributed by atoms with E-state index in [4.69, 9.17) is 14.6 Å². The summed E-state index contributed by atoms with van der Waals surface area (Å²) in [6.45, 7) is 5.25. The van der Waals surface area contributed by atoms with Crippen molar-refractivity contribution in [2.24, 2.45) is 17.8 Å². The summed E-state index contributed by atoms with van der Waals surface area (Å²) in [4.78, 5) is 0. The van der Waals surface area contributed by atoms with Crippen LogP contribution < -0.4 is 0 Å². The van der Waals surface area contributed by atoms with Crippen LogP contribution >= 0.6 is 0 Å². The maximum atomic E-state index is 9.95. The van der Waals surface area contributed by atoms with E-state index in [1.807, 2.05) is 13.8 Å². The highest BCUT2D eigenvalue weighted by molar-refractivity contribution is 4.92. The lowest BCUT2D eigenvalue weighted by molar-refractivity contribution is -0.205. The Bertz CT molecular complexity index is 241. The van der Waals surface area contributed by atoms with Gasteiger partial charge < -0.3 is 19.7 Å². The SMILES string of the molecule is CC1(C)OC[C@H]2CC(O)C(CCO)[C@H]2CO1. The topological polar surface area (TPSA) is 58.9 Å². The van der Waals surface area contributed by atoms with Gasteiger partial charge in [-0.05, 0) is 44.4 Å². The van der Waals surface area contributed by atoms with Crippen molar-refractivity contribution in [3.8, 4) is 0 Å². The third-order valence-corrected chi connectivity index (χ3v) is 3.92. The van der Waals surface area contributed by atoms with Crippen LogP contribution in [0.5, 0.6) is 0 Å². The zero-order valence-electron chi connectivity index (χ0n) is 10.1. The van der Waals surface area contributed by atoms with Gasteiger partial charge in [-0.2, -0.15) is 0 Å². The van der Waals surface area contributed by atoms with Gasteiger partial charge in [0.1, 0.15) is 0 Å². The molecule has 2 aliphatic rings. The second-order valence-corrected chi connectivity index (χ2v) is 5.42. The molecule has 0 bridgehead atoms. The minimum Gasteiger partial charge on any atom is -0.396 e. The summed E-state index contributed by atoms with van der Waals surface area (Å²) in [6, 6.07) is 0. The van der Waals surface area contributed by atoms with Crippen LogP contribution in [0.4, 0.5) is 0 Å². The van der Waals surface area contributed by atoms with Crippen LogP contribution in [0.2, 0.25) is 0 Å². The fraction of sp³-hybridized carbons (Fsp3) is 1.00. The first-order chi connectivity index (χ1) is 7.53. The molecule has 2 fully saturated rings. The van der Waals surface area contributed by atoms with Gasteiger partial charge in [0.25, 0.3) is 0 Å². The molecule has 2 rings (SSSR count). The average molecular weight is 230 g/mol. The molecule has 0 radical (unpaired) electrons. The molecule has 1 heterocycles. The smallest absolute Gasteiger partial charge is 0.162 e. The van der Waals surface area contributed by atoms with Crippen LogP contribution in [0.15, 0.2) is 0 Å². The van der Waals surface area contributed by atoms with Gasteiger partial charge in [-0.1, -0.05) is 0 Å². The van der Waals surface area contributed by atoms with Crippen LogP contribution in [-0.2, 0) is 9.47 Å². The minimum atomic E-state index is -0.515. The number of hydrogen-bond acceptors (Lipinski definition) is 4. The van der Waals surface area contributed by atoms with E-state index in [0.717, 1.165) is 6.42 Å². The van der Waals surface area contributed by atoms with Crippen molar-refractivity contribution in [3.05, 3.63) is 0 Å². The lowest BCUT2D eigenvalue weighted by atomic mass is 9.88. The quantitative estimate of drug-likeness (QED) is 0.735. The number of aliphatic hydroxyl groups excluding tert-OH is 2. The van der Waals surface area contributed by atoms with E-state index in [0.29, 0.717) is 31.5 Å². The van der Waals surface area contributed by atoms with Gasteiger partial charge in [-0.3, -0.25) is 0 Å². The molecule has 1 aliphatic carbocycles. The molecule has 16 heavy (non-hydrogen) atoms. The molecule has 4 heteroatoms. The van der Waals surface area contributed by atoms with Crippen molar-refractivity contribution in [1.29, 1.82) is 0 Å². The van der Waals surface area contributed by atoms with Gasteiger partial charge in [0.05, 0.1) is 19.3 Å². The Labute approximate surface area is 96.6 Å². The molecule has 0 aromatic heterocycles. The molecule has 0 aromatic rings. The Morgan fingerprint density at radius 3 is 2.62 bits per heavy atom. The van der Waals surface area contributed by atoms with Crippen LogP contribution in [-0.4, -0.2) is 41.9 Å². The van der Waals surface area contributed by atoms with E-state index in [9.17, 15) is 5.11 Å². The fourth-order valence-electron chi connectivity index (χ4n) is 2.95. The maximum absolute atomic E-state index is 9.95. The molecule has 2 unspecified atom stereocenters. The highest BCUT2D eigenvalue weighted by Gasteiger charge is 2.45. The van der Waals surface area contributed by atoms with Gasteiger partial charge in [-0.25, -0.2) is 0 Å². The van der Waals surface area contributed by atoms with E-state index in [-0.39, 0.29) is 18.6 Å².